The predicted octanol–water partition coefficient (Wildman–Crippen LogP) is 5.72. The first-order chi connectivity index (χ1) is 12.8. The monoisotopic (exact) mass is 295 g/mol. The molecule has 1 unspecified atom stereocenters. The maximum Gasteiger partial charge on any atom is 0.0712 e. The van der Waals surface area contributed by atoms with Gasteiger partial charge in [-0.05, 0) is 55.9 Å². The van der Waals surface area contributed by atoms with E-state index in [-0.39, 0.29) is 5.56 Å². The Hall–Kier alpha value is -2.15. The summed E-state index contributed by atoms with van der Waals surface area (Å²) in [5.41, 5.74) is 4.70. The highest BCUT2D eigenvalue weighted by atomic mass is 14.7. The summed E-state index contributed by atoms with van der Waals surface area (Å²) < 4.78 is 47.7. The van der Waals surface area contributed by atoms with E-state index in [1.54, 1.807) is 18.2 Å². The summed E-state index contributed by atoms with van der Waals surface area (Å²) in [6.07, 6.45) is -2.37. The van der Waals surface area contributed by atoms with E-state index < -0.39 is 19.1 Å². The van der Waals surface area contributed by atoms with Crippen molar-refractivity contribution in [2.75, 3.05) is 0 Å². The number of nitrogens with zero attached hydrogens (tertiary/aromatic N) is 1. The Morgan fingerprint density at radius 3 is 2.55 bits per heavy atom. The molecule has 112 valence electrons. The Morgan fingerprint density at radius 2 is 1.82 bits per heavy atom. The van der Waals surface area contributed by atoms with Gasteiger partial charge in [-0.3, -0.25) is 0 Å². The second-order valence-corrected chi connectivity index (χ2v) is 5.73. The normalized spacial score (nSPS) is 19.2. The van der Waals surface area contributed by atoms with Crippen LogP contribution in [0.15, 0.2) is 48.5 Å². The number of hydrogen-bond acceptors (Lipinski definition) is 1. The van der Waals surface area contributed by atoms with Crippen LogP contribution >= 0.6 is 0 Å². The number of fused-ring (bicyclic) bond motifs is 1. The average molecular weight is 295 g/mol. The van der Waals surface area contributed by atoms with E-state index in [0.717, 1.165) is 34.7 Å². The molecule has 0 aliphatic carbocycles. The van der Waals surface area contributed by atoms with Gasteiger partial charge in [0.05, 0.1) is 11.2 Å². The molecule has 0 radical (unpaired) electrons. The van der Waals surface area contributed by atoms with Crippen LogP contribution in [-0.2, 0) is 6.37 Å². The van der Waals surface area contributed by atoms with E-state index in [0.29, 0.717) is 5.52 Å². The first-order valence-electron chi connectivity index (χ1n) is 10.3. The molecule has 0 N–H and O–H groups in total. The summed E-state index contributed by atoms with van der Waals surface area (Å²) in [6.45, 7) is 2.39. The van der Waals surface area contributed by atoms with Crippen LogP contribution in [0, 0.1) is 19.7 Å². The zero-order valence-electron chi connectivity index (χ0n) is 19.1. The quantitative estimate of drug-likeness (QED) is 0.602. The summed E-state index contributed by atoms with van der Waals surface area (Å²) in [4.78, 5) is 4.68. The molecule has 3 aromatic rings. The third-order valence-corrected chi connectivity index (χ3v) is 3.54. The SMILES string of the molecule is [2H]C([2H])([2H])C([2H])(C)C([2H])([2H])c1ccc2ccc(-c3cc(C)cc(C)c3)nc2c1. The van der Waals surface area contributed by atoms with Gasteiger partial charge in [0.15, 0.2) is 0 Å². The predicted molar refractivity (Wildman–Crippen MR) is 95.2 cm³/mol. The van der Waals surface area contributed by atoms with Gasteiger partial charge in [-0.2, -0.15) is 0 Å². The van der Waals surface area contributed by atoms with Gasteiger partial charge in [-0.15, -0.1) is 0 Å². The molecule has 0 saturated carbocycles. The van der Waals surface area contributed by atoms with Gasteiger partial charge < -0.3 is 0 Å². The minimum atomic E-state index is -2.76. The van der Waals surface area contributed by atoms with E-state index in [2.05, 4.69) is 11.1 Å². The second kappa shape index (κ2) is 5.92. The molecule has 1 atom stereocenters. The van der Waals surface area contributed by atoms with E-state index in [9.17, 15) is 0 Å². The molecule has 1 aromatic heterocycles. The molecule has 0 aliphatic rings. The van der Waals surface area contributed by atoms with E-state index in [4.69, 9.17) is 8.22 Å². The van der Waals surface area contributed by atoms with Crippen molar-refractivity contribution in [1.29, 1.82) is 0 Å². The van der Waals surface area contributed by atoms with Gasteiger partial charge in [0.1, 0.15) is 0 Å². The van der Waals surface area contributed by atoms with Crippen molar-refractivity contribution < 1.29 is 8.22 Å². The number of benzene rings is 2. The lowest BCUT2D eigenvalue weighted by molar-refractivity contribution is 0.648. The molecular weight excluding hydrogens is 266 g/mol. The fraction of sp³-hybridized carbons (Fsp3) is 0.286. The smallest absolute Gasteiger partial charge is 0.0712 e. The van der Waals surface area contributed by atoms with Crippen molar-refractivity contribution in [3.05, 3.63) is 65.2 Å². The molecule has 1 heteroatoms. The lowest BCUT2D eigenvalue weighted by Crippen LogP contribution is -1.94. The van der Waals surface area contributed by atoms with E-state index in [1.165, 1.54) is 0 Å². The van der Waals surface area contributed by atoms with Crippen molar-refractivity contribution in [3.63, 3.8) is 0 Å². The number of aryl methyl sites for hydroxylation is 2. The minimum Gasteiger partial charge on any atom is -0.248 e. The van der Waals surface area contributed by atoms with Crippen LogP contribution in [-0.4, -0.2) is 4.98 Å². The van der Waals surface area contributed by atoms with Crippen molar-refractivity contribution in [2.45, 2.75) is 34.0 Å². The van der Waals surface area contributed by atoms with Gasteiger partial charge >= 0.3 is 0 Å². The highest BCUT2D eigenvalue weighted by Crippen LogP contribution is 2.24. The van der Waals surface area contributed by atoms with Gasteiger partial charge in [0, 0.05) is 19.2 Å². The number of aromatic nitrogens is 1. The second-order valence-electron chi connectivity index (χ2n) is 5.73. The topological polar surface area (TPSA) is 12.9 Å². The summed E-state index contributed by atoms with van der Waals surface area (Å²) in [6, 6.07) is 14.8. The lowest BCUT2D eigenvalue weighted by atomic mass is 10.0. The molecular formula is C21H23N. The number of rotatable bonds is 3. The summed E-state index contributed by atoms with van der Waals surface area (Å²) in [7, 11) is 0. The molecule has 0 amide bonds. The van der Waals surface area contributed by atoms with Crippen molar-refractivity contribution in [1.82, 2.24) is 4.98 Å². The molecule has 0 bridgehead atoms. The maximum atomic E-state index is 8.37. The Morgan fingerprint density at radius 1 is 1.09 bits per heavy atom. The van der Waals surface area contributed by atoms with Crippen LogP contribution < -0.4 is 0 Å². The lowest BCUT2D eigenvalue weighted by Gasteiger charge is -2.09. The summed E-state index contributed by atoms with van der Waals surface area (Å²) >= 11 is 0. The number of pyridine rings is 1. The molecule has 1 heterocycles. The van der Waals surface area contributed by atoms with E-state index in [1.807, 2.05) is 38.1 Å². The van der Waals surface area contributed by atoms with Gasteiger partial charge in [0.2, 0.25) is 0 Å². The molecule has 2 aromatic carbocycles. The van der Waals surface area contributed by atoms with Gasteiger partial charge in [0.25, 0.3) is 0 Å². The summed E-state index contributed by atoms with van der Waals surface area (Å²) in [5.74, 6) is -2.29. The molecule has 0 aliphatic heterocycles. The standard InChI is InChI=1S/C21H23N/c1-14(2)9-17-5-6-18-7-8-20(22-21(18)13-17)19-11-15(3)10-16(4)12-19/h5-8,10-14H,9H2,1-4H3/i1D3,9D2,14D. The van der Waals surface area contributed by atoms with Crippen molar-refractivity contribution in [3.8, 4) is 11.3 Å². The van der Waals surface area contributed by atoms with Crippen LogP contribution in [0.2, 0.25) is 0 Å². The molecule has 0 spiro atoms. The van der Waals surface area contributed by atoms with Gasteiger partial charge in [-0.1, -0.05) is 49.2 Å². The highest BCUT2D eigenvalue weighted by Gasteiger charge is 2.05. The number of hydrogen-bond donors (Lipinski definition) is 0. The fourth-order valence-corrected chi connectivity index (χ4v) is 2.69. The van der Waals surface area contributed by atoms with Crippen LogP contribution in [0.3, 0.4) is 0 Å². The third kappa shape index (κ3) is 3.19. The first kappa shape index (κ1) is 9.09. The zero-order chi connectivity index (χ0) is 20.9. The van der Waals surface area contributed by atoms with Crippen LogP contribution in [0.4, 0.5) is 0 Å². The minimum absolute atomic E-state index is 0.138. The van der Waals surface area contributed by atoms with Crippen LogP contribution in [0.5, 0.6) is 0 Å². The average Bonchev–Trinajstić information content (AvgIpc) is 2.58. The Balaban J connectivity index is 2.13. The Kier molecular flexibility index (Phi) is 2.45. The van der Waals surface area contributed by atoms with Crippen LogP contribution in [0.1, 0.15) is 38.7 Å². The molecule has 0 saturated heterocycles. The molecule has 0 fully saturated rings. The zero-order valence-corrected chi connectivity index (χ0v) is 13.1. The Labute approximate surface area is 141 Å². The molecule has 3 rings (SSSR count). The van der Waals surface area contributed by atoms with Crippen molar-refractivity contribution >= 4 is 10.9 Å². The Bertz CT molecular complexity index is 1020. The maximum absolute atomic E-state index is 8.37. The third-order valence-electron chi connectivity index (χ3n) is 3.54. The molecule has 22 heavy (non-hydrogen) atoms. The summed E-state index contributed by atoms with van der Waals surface area (Å²) in [5, 5.41) is 0.827. The molecule has 1 nitrogen and oxygen atoms in total. The van der Waals surface area contributed by atoms with Gasteiger partial charge in [-0.25, -0.2) is 4.98 Å². The first-order valence-corrected chi connectivity index (χ1v) is 7.33. The van der Waals surface area contributed by atoms with E-state index >= 15 is 0 Å². The largest absolute Gasteiger partial charge is 0.248 e. The van der Waals surface area contributed by atoms with Crippen LogP contribution in [0.25, 0.3) is 22.2 Å². The van der Waals surface area contributed by atoms with Crippen molar-refractivity contribution in [2.24, 2.45) is 5.89 Å². The fourth-order valence-electron chi connectivity index (χ4n) is 2.69. The highest BCUT2D eigenvalue weighted by molar-refractivity contribution is 5.82.